The Bertz CT molecular complexity index is 343. The lowest BCUT2D eigenvalue weighted by Gasteiger charge is -2.22. The van der Waals surface area contributed by atoms with Gasteiger partial charge in [0.1, 0.15) is 0 Å². The highest BCUT2D eigenvalue weighted by Gasteiger charge is 2.16. The zero-order valence-corrected chi connectivity index (χ0v) is 10.2. The summed E-state index contributed by atoms with van der Waals surface area (Å²) in [5.41, 5.74) is 0. The van der Waals surface area contributed by atoms with Crippen molar-refractivity contribution < 1.29 is 0 Å². The molecule has 1 aromatic rings. The second kappa shape index (κ2) is 5.18. The molecule has 15 heavy (non-hydrogen) atoms. The summed E-state index contributed by atoms with van der Waals surface area (Å²) in [4.78, 5) is 4.01. The standard InChI is InChI=1S/C8H10Cl2N4S/c9-6-7(12-8(10)14-13-6)11-5-2-1-3-15-4-5/h5H,1-4H2,(H,11,12,14). The summed E-state index contributed by atoms with van der Waals surface area (Å²) in [6, 6.07) is 0.397. The molecule has 4 nitrogen and oxygen atoms in total. The SMILES string of the molecule is Clc1nnc(Cl)c(NC2CCCSC2)n1. The number of nitrogens with zero attached hydrogens (tertiary/aromatic N) is 3. The van der Waals surface area contributed by atoms with Gasteiger partial charge in [-0.1, -0.05) is 11.6 Å². The van der Waals surface area contributed by atoms with Gasteiger partial charge < -0.3 is 5.32 Å². The van der Waals surface area contributed by atoms with Gasteiger partial charge in [0.2, 0.25) is 5.28 Å². The molecule has 1 N–H and O–H groups in total. The van der Waals surface area contributed by atoms with Crippen LogP contribution in [0.4, 0.5) is 5.82 Å². The summed E-state index contributed by atoms with van der Waals surface area (Å²) in [6.07, 6.45) is 2.34. The van der Waals surface area contributed by atoms with E-state index in [1.54, 1.807) is 0 Å². The van der Waals surface area contributed by atoms with Crippen molar-refractivity contribution in [1.29, 1.82) is 0 Å². The lowest BCUT2D eigenvalue weighted by atomic mass is 10.2. The first-order chi connectivity index (χ1) is 7.25. The third-order valence-electron chi connectivity index (χ3n) is 2.12. The average molecular weight is 265 g/mol. The monoisotopic (exact) mass is 264 g/mol. The largest absolute Gasteiger partial charge is 0.364 e. The van der Waals surface area contributed by atoms with Gasteiger partial charge in [-0.25, -0.2) is 0 Å². The summed E-state index contributed by atoms with van der Waals surface area (Å²) in [5, 5.41) is 10.9. The normalized spacial score (nSPS) is 21.3. The fourth-order valence-corrected chi connectivity index (χ4v) is 2.76. The molecule has 0 aliphatic carbocycles. The number of nitrogens with one attached hydrogen (secondary N) is 1. The number of thioether (sulfide) groups is 1. The van der Waals surface area contributed by atoms with E-state index < -0.39 is 0 Å². The first kappa shape index (κ1) is 11.2. The van der Waals surface area contributed by atoms with Crippen LogP contribution >= 0.6 is 35.0 Å². The van der Waals surface area contributed by atoms with Crippen molar-refractivity contribution in [3.05, 3.63) is 10.4 Å². The van der Waals surface area contributed by atoms with E-state index in [1.165, 1.54) is 12.2 Å². The smallest absolute Gasteiger partial charge is 0.245 e. The van der Waals surface area contributed by atoms with Crippen LogP contribution in [0.25, 0.3) is 0 Å². The van der Waals surface area contributed by atoms with Crippen molar-refractivity contribution in [1.82, 2.24) is 15.2 Å². The van der Waals surface area contributed by atoms with E-state index in [-0.39, 0.29) is 10.4 Å². The Morgan fingerprint density at radius 1 is 1.33 bits per heavy atom. The molecule has 1 aromatic heterocycles. The molecule has 1 aliphatic rings. The van der Waals surface area contributed by atoms with E-state index in [0.717, 1.165) is 12.2 Å². The van der Waals surface area contributed by atoms with Crippen LogP contribution in [0, 0.1) is 0 Å². The summed E-state index contributed by atoms with van der Waals surface area (Å²) < 4.78 is 0. The van der Waals surface area contributed by atoms with Gasteiger partial charge in [0.15, 0.2) is 11.0 Å². The number of rotatable bonds is 2. The third kappa shape index (κ3) is 3.09. The highest BCUT2D eigenvalue weighted by atomic mass is 35.5. The highest BCUT2D eigenvalue weighted by Crippen LogP contribution is 2.23. The molecule has 0 aromatic carbocycles. The lowest BCUT2D eigenvalue weighted by Crippen LogP contribution is -2.26. The predicted molar refractivity (Wildman–Crippen MR) is 63.8 cm³/mol. The van der Waals surface area contributed by atoms with Crippen LogP contribution in [0.3, 0.4) is 0 Å². The molecule has 1 aliphatic heterocycles. The quantitative estimate of drug-likeness (QED) is 0.890. The zero-order chi connectivity index (χ0) is 10.7. The van der Waals surface area contributed by atoms with Gasteiger partial charge in [0, 0.05) is 11.8 Å². The van der Waals surface area contributed by atoms with Gasteiger partial charge in [0.05, 0.1) is 0 Å². The minimum atomic E-state index is 0.116. The molecule has 2 rings (SSSR count). The van der Waals surface area contributed by atoms with Gasteiger partial charge in [-0.3, -0.25) is 0 Å². The number of hydrogen-bond acceptors (Lipinski definition) is 5. The Morgan fingerprint density at radius 2 is 2.20 bits per heavy atom. The summed E-state index contributed by atoms with van der Waals surface area (Å²) >= 11 is 13.4. The Balaban J connectivity index is 2.05. The van der Waals surface area contributed by atoms with Crippen LogP contribution in [-0.2, 0) is 0 Å². The number of aromatic nitrogens is 3. The topological polar surface area (TPSA) is 50.7 Å². The summed E-state index contributed by atoms with van der Waals surface area (Å²) in [6.45, 7) is 0. The van der Waals surface area contributed by atoms with Gasteiger partial charge in [-0.2, -0.15) is 16.7 Å². The predicted octanol–water partition coefficient (Wildman–Crippen LogP) is 2.49. The van der Waals surface area contributed by atoms with Gasteiger partial charge >= 0.3 is 0 Å². The van der Waals surface area contributed by atoms with Crippen LogP contribution in [0.2, 0.25) is 10.4 Å². The zero-order valence-electron chi connectivity index (χ0n) is 7.91. The van der Waals surface area contributed by atoms with E-state index in [9.17, 15) is 0 Å². The minimum Gasteiger partial charge on any atom is -0.364 e. The molecule has 7 heteroatoms. The van der Waals surface area contributed by atoms with E-state index in [4.69, 9.17) is 23.2 Å². The molecule has 82 valence electrons. The summed E-state index contributed by atoms with van der Waals surface area (Å²) in [5.74, 6) is 2.83. The Morgan fingerprint density at radius 3 is 2.93 bits per heavy atom. The molecule has 1 saturated heterocycles. The van der Waals surface area contributed by atoms with Crippen LogP contribution in [0.15, 0.2) is 0 Å². The molecule has 1 atom stereocenters. The van der Waals surface area contributed by atoms with Gasteiger partial charge in [0.25, 0.3) is 0 Å². The molecule has 0 spiro atoms. The van der Waals surface area contributed by atoms with E-state index in [0.29, 0.717) is 11.9 Å². The van der Waals surface area contributed by atoms with Crippen LogP contribution in [0.1, 0.15) is 12.8 Å². The van der Waals surface area contributed by atoms with Gasteiger partial charge in [-0.05, 0) is 30.2 Å². The fourth-order valence-electron chi connectivity index (χ4n) is 1.43. The molecule has 2 heterocycles. The minimum absolute atomic E-state index is 0.116. The Kier molecular flexibility index (Phi) is 3.88. The fraction of sp³-hybridized carbons (Fsp3) is 0.625. The van der Waals surface area contributed by atoms with Crippen molar-refractivity contribution >= 4 is 40.8 Å². The Labute approximate surface area is 102 Å². The van der Waals surface area contributed by atoms with Gasteiger partial charge in [-0.15, -0.1) is 10.2 Å². The van der Waals surface area contributed by atoms with Crippen molar-refractivity contribution in [2.45, 2.75) is 18.9 Å². The molecule has 0 radical (unpaired) electrons. The van der Waals surface area contributed by atoms with E-state index >= 15 is 0 Å². The molecular weight excluding hydrogens is 255 g/mol. The second-order valence-corrected chi connectivity index (χ2v) is 5.12. The molecule has 1 unspecified atom stereocenters. The maximum absolute atomic E-state index is 5.85. The molecule has 0 saturated carbocycles. The van der Waals surface area contributed by atoms with Crippen LogP contribution < -0.4 is 5.32 Å². The van der Waals surface area contributed by atoms with Crippen molar-refractivity contribution in [3.63, 3.8) is 0 Å². The molecule has 0 amide bonds. The highest BCUT2D eigenvalue weighted by molar-refractivity contribution is 7.99. The molecule has 0 bridgehead atoms. The van der Waals surface area contributed by atoms with Crippen molar-refractivity contribution in [2.24, 2.45) is 0 Å². The van der Waals surface area contributed by atoms with Crippen molar-refractivity contribution in [3.8, 4) is 0 Å². The number of anilines is 1. The second-order valence-electron chi connectivity index (χ2n) is 3.28. The van der Waals surface area contributed by atoms with Crippen molar-refractivity contribution in [2.75, 3.05) is 16.8 Å². The van der Waals surface area contributed by atoms with E-state index in [2.05, 4.69) is 20.5 Å². The lowest BCUT2D eigenvalue weighted by molar-refractivity contribution is 0.681. The molecular formula is C8H10Cl2N4S. The number of hydrogen-bond donors (Lipinski definition) is 1. The first-order valence-corrected chi connectivity index (χ1v) is 6.57. The summed E-state index contributed by atoms with van der Waals surface area (Å²) in [7, 11) is 0. The maximum Gasteiger partial charge on any atom is 0.245 e. The van der Waals surface area contributed by atoms with Crippen LogP contribution in [0.5, 0.6) is 0 Å². The molecule has 1 fully saturated rings. The van der Waals surface area contributed by atoms with Crippen LogP contribution in [-0.4, -0.2) is 32.7 Å². The van der Waals surface area contributed by atoms with E-state index in [1.807, 2.05) is 11.8 Å². The number of halogens is 2. The first-order valence-electron chi connectivity index (χ1n) is 4.65. The Hall–Kier alpha value is -0.260. The maximum atomic E-state index is 5.85. The third-order valence-corrected chi connectivity index (χ3v) is 3.75. The average Bonchev–Trinajstić information content (AvgIpc) is 2.25.